The van der Waals surface area contributed by atoms with Gasteiger partial charge >= 0.3 is 6.03 Å². The predicted octanol–water partition coefficient (Wildman–Crippen LogP) is 3.62. The minimum absolute atomic E-state index is 0.0190. The average Bonchev–Trinajstić information content (AvgIpc) is 3.07. The third-order valence-corrected chi connectivity index (χ3v) is 4.51. The van der Waals surface area contributed by atoms with Crippen LogP contribution in [0.5, 0.6) is 0 Å². The van der Waals surface area contributed by atoms with Gasteiger partial charge in [0.25, 0.3) is 0 Å². The first-order valence-corrected chi connectivity index (χ1v) is 8.38. The maximum Gasteiger partial charge on any atom is 0.315 e. The van der Waals surface area contributed by atoms with Crippen LogP contribution in [-0.4, -0.2) is 17.7 Å². The fraction of sp³-hybridized carbons (Fsp3) is 0.353. The topological polar surface area (TPSA) is 61.4 Å². The highest BCUT2D eigenvalue weighted by Crippen LogP contribution is 2.22. The van der Waals surface area contributed by atoms with E-state index >= 15 is 0 Å². The van der Waals surface area contributed by atoms with Crippen molar-refractivity contribution in [2.75, 3.05) is 6.61 Å². The van der Waals surface area contributed by atoms with Crippen molar-refractivity contribution in [3.8, 4) is 0 Å². The summed E-state index contributed by atoms with van der Waals surface area (Å²) in [5.74, 6) is 0. The summed E-state index contributed by atoms with van der Waals surface area (Å²) in [4.78, 5) is 13.4. The van der Waals surface area contributed by atoms with Gasteiger partial charge in [-0.25, -0.2) is 4.79 Å². The van der Waals surface area contributed by atoms with Crippen molar-refractivity contribution in [2.45, 2.75) is 31.8 Å². The number of carbonyl (C=O) groups excluding carboxylic acids is 1. The predicted molar refractivity (Wildman–Crippen MR) is 89.9 cm³/mol. The molecule has 1 aromatic heterocycles. The van der Waals surface area contributed by atoms with Crippen LogP contribution in [0.2, 0.25) is 0 Å². The second-order valence-corrected chi connectivity index (χ2v) is 6.05. The SMILES string of the molecule is CCC(NC(=O)N[C@H](CCO)c1ccccc1)c1cccs1. The van der Waals surface area contributed by atoms with Crippen LogP contribution < -0.4 is 10.6 Å². The van der Waals surface area contributed by atoms with E-state index in [1.807, 2.05) is 54.8 Å². The lowest BCUT2D eigenvalue weighted by molar-refractivity contribution is 0.225. The Morgan fingerprint density at radius 2 is 1.86 bits per heavy atom. The van der Waals surface area contributed by atoms with E-state index in [4.69, 9.17) is 0 Å². The zero-order chi connectivity index (χ0) is 15.8. The lowest BCUT2D eigenvalue weighted by atomic mass is 10.0. The number of urea groups is 1. The molecule has 22 heavy (non-hydrogen) atoms. The summed E-state index contributed by atoms with van der Waals surface area (Å²) in [6.45, 7) is 2.08. The van der Waals surface area contributed by atoms with Gasteiger partial charge in [-0.2, -0.15) is 0 Å². The van der Waals surface area contributed by atoms with Crippen LogP contribution in [0.25, 0.3) is 0 Å². The maximum atomic E-state index is 12.3. The maximum absolute atomic E-state index is 12.3. The molecule has 1 unspecified atom stereocenters. The first-order valence-electron chi connectivity index (χ1n) is 7.50. The van der Waals surface area contributed by atoms with Gasteiger partial charge in [0.15, 0.2) is 0 Å². The number of benzene rings is 1. The molecule has 5 heteroatoms. The zero-order valence-electron chi connectivity index (χ0n) is 12.7. The van der Waals surface area contributed by atoms with Gasteiger partial charge in [0.2, 0.25) is 0 Å². The Balaban J connectivity index is 1.99. The first kappa shape index (κ1) is 16.5. The molecule has 1 heterocycles. The average molecular weight is 318 g/mol. The summed E-state index contributed by atoms with van der Waals surface area (Å²) in [5, 5.41) is 17.2. The molecule has 1 aromatic carbocycles. The molecular formula is C17H22N2O2S. The van der Waals surface area contributed by atoms with Crippen LogP contribution >= 0.6 is 11.3 Å². The molecule has 2 aromatic rings. The van der Waals surface area contributed by atoms with Crippen molar-refractivity contribution in [3.05, 3.63) is 58.3 Å². The summed E-state index contributed by atoms with van der Waals surface area (Å²) in [5.41, 5.74) is 0.996. The fourth-order valence-corrected chi connectivity index (χ4v) is 3.22. The number of nitrogens with one attached hydrogen (secondary N) is 2. The molecule has 2 atom stereocenters. The Kier molecular flexibility index (Phi) is 6.43. The summed E-state index contributed by atoms with van der Waals surface area (Å²) >= 11 is 1.64. The molecule has 0 aliphatic rings. The van der Waals surface area contributed by atoms with Crippen molar-refractivity contribution >= 4 is 17.4 Å². The molecule has 0 radical (unpaired) electrons. The summed E-state index contributed by atoms with van der Waals surface area (Å²) in [6, 6.07) is 13.3. The van der Waals surface area contributed by atoms with E-state index in [1.54, 1.807) is 11.3 Å². The largest absolute Gasteiger partial charge is 0.396 e. The molecule has 0 spiro atoms. The van der Waals surface area contributed by atoms with Gasteiger partial charge < -0.3 is 15.7 Å². The van der Waals surface area contributed by atoms with Gasteiger partial charge in [0, 0.05) is 11.5 Å². The highest BCUT2D eigenvalue weighted by atomic mass is 32.1. The Morgan fingerprint density at radius 3 is 2.45 bits per heavy atom. The van der Waals surface area contributed by atoms with E-state index in [-0.39, 0.29) is 24.7 Å². The van der Waals surface area contributed by atoms with Crippen molar-refractivity contribution in [1.29, 1.82) is 0 Å². The number of thiophene rings is 1. The Morgan fingerprint density at radius 1 is 1.14 bits per heavy atom. The number of rotatable bonds is 7. The Labute approximate surface area is 135 Å². The number of aliphatic hydroxyl groups is 1. The van der Waals surface area contributed by atoms with Gasteiger partial charge in [-0.1, -0.05) is 43.3 Å². The second-order valence-electron chi connectivity index (χ2n) is 5.07. The highest BCUT2D eigenvalue weighted by Gasteiger charge is 2.17. The summed E-state index contributed by atoms with van der Waals surface area (Å²) in [7, 11) is 0. The third-order valence-electron chi connectivity index (χ3n) is 3.53. The standard InChI is InChI=1S/C17H22N2O2S/c1-2-14(16-9-6-12-22-16)18-17(21)19-15(10-11-20)13-7-4-3-5-8-13/h3-9,12,14-15,20H,2,10-11H2,1H3,(H2,18,19,21)/t14?,15-/m1/s1. The van der Waals surface area contributed by atoms with Crippen molar-refractivity contribution in [2.24, 2.45) is 0 Å². The molecule has 0 saturated carbocycles. The molecule has 0 bridgehead atoms. The van der Waals surface area contributed by atoms with Crippen LogP contribution in [0, 0.1) is 0 Å². The fourth-order valence-electron chi connectivity index (χ4n) is 2.36. The van der Waals surface area contributed by atoms with Gasteiger partial charge in [0.05, 0.1) is 12.1 Å². The number of aliphatic hydroxyl groups excluding tert-OH is 1. The van der Waals surface area contributed by atoms with Crippen molar-refractivity contribution in [1.82, 2.24) is 10.6 Å². The smallest absolute Gasteiger partial charge is 0.315 e. The lowest BCUT2D eigenvalue weighted by Crippen LogP contribution is -2.40. The molecule has 2 amide bonds. The van der Waals surface area contributed by atoms with E-state index in [0.717, 1.165) is 16.9 Å². The molecule has 0 saturated heterocycles. The third kappa shape index (κ3) is 4.58. The van der Waals surface area contributed by atoms with E-state index in [1.165, 1.54) is 0 Å². The molecule has 2 rings (SSSR count). The molecular weight excluding hydrogens is 296 g/mol. The molecule has 0 aliphatic heterocycles. The van der Waals surface area contributed by atoms with Crippen LogP contribution in [-0.2, 0) is 0 Å². The van der Waals surface area contributed by atoms with Gasteiger partial charge in [-0.05, 0) is 29.9 Å². The molecule has 3 N–H and O–H groups in total. The van der Waals surface area contributed by atoms with Gasteiger partial charge in [-0.3, -0.25) is 0 Å². The minimum atomic E-state index is -0.206. The van der Waals surface area contributed by atoms with Crippen LogP contribution in [0.15, 0.2) is 47.8 Å². The Bertz CT molecular complexity index is 557. The summed E-state index contributed by atoms with van der Waals surface area (Å²) in [6.07, 6.45) is 1.33. The molecule has 0 fully saturated rings. The van der Waals surface area contributed by atoms with E-state index in [2.05, 4.69) is 10.6 Å². The summed E-state index contributed by atoms with van der Waals surface area (Å²) < 4.78 is 0. The molecule has 4 nitrogen and oxygen atoms in total. The monoisotopic (exact) mass is 318 g/mol. The van der Waals surface area contributed by atoms with Gasteiger partial charge in [0.1, 0.15) is 0 Å². The normalized spacial score (nSPS) is 13.4. The van der Waals surface area contributed by atoms with Crippen LogP contribution in [0.3, 0.4) is 0 Å². The number of carbonyl (C=O) groups is 1. The van der Waals surface area contributed by atoms with Crippen molar-refractivity contribution in [3.63, 3.8) is 0 Å². The van der Waals surface area contributed by atoms with Crippen LogP contribution in [0.1, 0.15) is 42.3 Å². The number of hydrogen-bond donors (Lipinski definition) is 3. The van der Waals surface area contributed by atoms with Crippen molar-refractivity contribution < 1.29 is 9.90 Å². The quantitative estimate of drug-likeness (QED) is 0.730. The van der Waals surface area contributed by atoms with Crippen LogP contribution in [0.4, 0.5) is 4.79 Å². The number of amides is 2. The Hall–Kier alpha value is -1.85. The highest BCUT2D eigenvalue weighted by molar-refractivity contribution is 7.10. The zero-order valence-corrected chi connectivity index (χ0v) is 13.5. The first-order chi connectivity index (χ1) is 10.7. The van der Waals surface area contributed by atoms with E-state index in [0.29, 0.717) is 6.42 Å². The second kappa shape index (κ2) is 8.56. The van der Waals surface area contributed by atoms with E-state index < -0.39 is 0 Å². The minimum Gasteiger partial charge on any atom is -0.396 e. The lowest BCUT2D eigenvalue weighted by Gasteiger charge is -2.21. The molecule has 0 aliphatic carbocycles. The van der Waals surface area contributed by atoms with Gasteiger partial charge in [-0.15, -0.1) is 11.3 Å². The van der Waals surface area contributed by atoms with E-state index in [9.17, 15) is 9.90 Å². The molecule has 118 valence electrons. The number of hydrogen-bond acceptors (Lipinski definition) is 3.